The molecule has 2 aromatic carbocycles. The predicted molar refractivity (Wildman–Crippen MR) is 136 cm³/mol. The maximum Gasteiger partial charge on any atom is 0.274 e. The molecule has 1 aliphatic heterocycles. The fraction of sp³-hybridized carbons (Fsp3) is 0.148. The van der Waals surface area contributed by atoms with Gasteiger partial charge in [-0.15, -0.1) is 0 Å². The number of pyridine rings is 1. The van der Waals surface area contributed by atoms with Crippen LogP contribution in [0.3, 0.4) is 0 Å². The Balaban J connectivity index is 1.44. The first kappa shape index (κ1) is 21.7. The van der Waals surface area contributed by atoms with E-state index in [4.69, 9.17) is 15.5 Å². The number of hydrogen-bond acceptors (Lipinski definition) is 7. The number of carbonyl (C=O) groups is 1. The van der Waals surface area contributed by atoms with Crippen molar-refractivity contribution in [2.75, 3.05) is 12.3 Å². The van der Waals surface area contributed by atoms with Gasteiger partial charge in [0.1, 0.15) is 17.1 Å². The third-order valence-corrected chi connectivity index (χ3v) is 6.23. The molecule has 9 heteroatoms. The quantitative estimate of drug-likeness (QED) is 0.402. The molecule has 3 aromatic heterocycles. The molecule has 6 rings (SSSR count). The number of amides is 1. The first-order chi connectivity index (χ1) is 17.6. The number of carbonyl (C=O) groups excluding carboxylic acids is 1. The van der Waals surface area contributed by atoms with Crippen LogP contribution in [0.1, 0.15) is 28.5 Å². The van der Waals surface area contributed by atoms with Crippen LogP contribution >= 0.6 is 0 Å². The summed E-state index contributed by atoms with van der Waals surface area (Å²) in [5.74, 6) is 0.418. The smallest absolute Gasteiger partial charge is 0.274 e. The highest BCUT2D eigenvalue weighted by molar-refractivity contribution is 5.98. The fourth-order valence-electron chi connectivity index (χ4n) is 4.48. The van der Waals surface area contributed by atoms with E-state index in [9.17, 15) is 4.79 Å². The number of ether oxygens (including phenoxy) is 1. The molecule has 0 spiro atoms. The second-order valence-corrected chi connectivity index (χ2v) is 8.64. The van der Waals surface area contributed by atoms with Gasteiger partial charge >= 0.3 is 0 Å². The molecule has 0 saturated heterocycles. The molecule has 178 valence electrons. The Kier molecular flexibility index (Phi) is 5.29. The Labute approximate surface area is 207 Å². The molecule has 0 radical (unpaired) electrons. The van der Waals surface area contributed by atoms with Crippen LogP contribution in [0, 0.1) is 0 Å². The van der Waals surface area contributed by atoms with Crippen LogP contribution < -0.4 is 15.8 Å². The number of aromatic nitrogens is 5. The topological polar surface area (TPSA) is 121 Å². The van der Waals surface area contributed by atoms with Gasteiger partial charge in [0.05, 0.1) is 23.9 Å². The maximum atomic E-state index is 13.4. The summed E-state index contributed by atoms with van der Waals surface area (Å²) in [6.07, 6.45) is 4.22. The van der Waals surface area contributed by atoms with Crippen LogP contribution in [0.5, 0.6) is 5.75 Å². The molecule has 3 N–H and O–H groups in total. The van der Waals surface area contributed by atoms with Crippen LogP contribution in [0.4, 0.5) is 5.82 Å². The lowest BCUT2D eigenvalue weighted by molar-refractivity contribution is 0.0920. The number of rotatable bonds is 4. The Bertz CT molecular complexity index is 1610. The number of benzene rings is 2. The molecular formula is C27H23N7O2. The lowest BCUT2D eigenvalue weighted by Crippen LogP contribution is -2.33. The van der Waals surface area contributed by atoms with Crippen molar-refractivity contribution in [3.05, 3.63) is 84.3 Å². The SMILES string of the molecule is Cn1ccc(-c2nc(N)c(C(=O)N[C@H]3CCOc4ccccc43)nc2-c2ccc3ncccc3c2)n1. The number of nitrogens with zero attached hydrogens (tertiary/aromatic N) is 5. The number of para-hydroxylation sites is 1. The van der Waals surface area contributed by atoms with Crippen LogP contribution in [0.25, 0.3) is 33.5 Å². The first-order valence-corrected chi connectivity index (χ1v) is 11.6. The average molecular weight is 478 g/mol. The van der Waals surface area contributed by atoms with E-state index in [1.165, 1.54) is 0 Å². The average Bonchev–Trinajstić information content (AvgIpc) is 3.34. The number of nitrogen functional groups attached to an aromatic ring is 1. The molecule has 0 aliphatic carbocycles. The van der Waals surface area contributed by atoms with Gasteiger partial charge in [0.25, 0.3) is 5.91 Å². The molecule has 0 bridgehead atoms. The van der Waals surface area contributed by atoms with Gasteiger partial charge in [0.2, 0.25) is 0 Å². The minimum absolute atomic E-state index is 0.0414. The van der Waals surface area contributed by atoms with Crippen molar-refractivity contribution in [2.45, 2.75) is 12.5 Å². The van der Waals surface area contributed by atoms with Gasteiger partial charge in [-0.3, -0.25) is 14.5 Å². The number of nitrogens with two attached hydrogens (primary N) is 1. The molecule has 5 aromatic rings. The second kappa shape index (κ2) is 8.77. The maximum absolute atomic E-state index is 13.4. The number of fused-ring (bicyclic) bond motifs is 2. The van der Waals surface area contributed by atoms with Gasteiger partial charge < -0.3 is 15.8 Å². The van der Waals surface area contributed by atoms with Crippen molar-refractivity contribution in [3.8, 4) is 28.4 Å². The minimum atomic E-state index is -0.391. The van der Waals surface area contributed by atoms with Crippen molar-refractivity contribution >= 4 is 22.6 Å². The molecule has 0 fully saturated rings. The molecule has 0 unspecified atom stereocenters. The third kappa shape index (κ3) is 3.90. The van der Waals surface area contributed by atoms with Gasteiger partial charge in [-0.1, -0.05) is 30.3 Å². The van der Waals surface area contributed by atoms with Gasteiger partial charge in [-0.25, -0.2) is 9.97 Å². The standard InChI is InChI=1S/C27H23N7O2/c1-34-13-10-21(33-34)24-23(17-8-9-19-16(15-17)5-4-12-29-19)31-25(26(28)32-24)27(35)30-20-11-14-36-22-7-3-2-6-18(20)22/h2-10,12-13,15,20H,11,14H2,1H3,(H2,28,32)(H,30,35)/t20-/m0/s1. The van der Waals surface area contributed by atoms with Gasteiger partial charge in [-0.2, -0.15) is 5.10 Å². The van der Waals surface area contributed by atoms with Crippen LogP contribution in [-0.2, 0) is 7.05 Å². The number of nitrogens with one attached hydrogen (secondary N) is 1. The zero-order valence-corrected chi connectivity index (χ0v) is 19.5. The minimum Gasteiger partial charge on any atom is -0.493 e. The Morgan fingerprint density at radius 3 is 2.83 bits per heavy atom. The van der Waals surface area contributed by atoms with Gasteiger partial charge in [0, 0.05) is 42.4 Å². The molecule has 0 saturated carbocycles. The van der Waals surface area contributed by atoms with E-state index in [0.29, 0.717) is 30.1 Å². The van der Waals surface area contributed by atoms with E-state index in [0.717, 1.165) is 27.8 Å². The summed E-state index contributed by atoms with van der Waals surface area (Å²) in [4.78, 5) is 27.2. The first-order valence-electron chi connectivity index (χ1n) is 11.6. The lowest BCUT2D eigenvalue weighted by Gasteiger charge is -2.26. The van der Waals surface area contributed by atoms with E-state index in [2.05, 4.69) is 20.4 Å². The number of anilines is 1. The van der Waals surface area contributed by atoms with E-state index >= 15 is 0 Å². The number of hydrogen-bond donors (Lipinski definition) is 2. The predicted octanol–water partition coefficient (Wildman–Crippen LogP) is 3.93. The lowest BCUT2D eigenvalue weighted by atomic mass is 10.0. The summed E-state index contributed by atoms with van der Waals surface area (Å²) < 4.78 is 7.41. The third-order valence-electron chi connectivity index (χ3n) is 6.23. The van der Waals surface area contributed by atoms with Crippen molar-refractivity contribution in [3.63, 3.8) is 0 Å². The van der Waals surface area contributed by atoms with Gasteiger partial charge in [-0.05, 0) is 30.3 Å². The molecular weight excluding hydrogens is 454 g/mol. The molecule has 1 amide bonds. The molecule has 1 aliphatic rings. The van der Waals surface area contributed by atoms with Crippen molar-refractivity contribution in [1.82, 2.24) is 30.0 Å². The van der Waals surface area contributed by atoms with E-state index < -0.39 is 5.91 Å². The van der Waals surface area contributed by atoms with Crippen molar-refractivity contribution in [2.24, 2.45) is 7.05 Å². The molecule has 9 nitrogen and oxygen atoms in total. The summed E-state index contributed by atoms with van der Waals surface area (Å²) in [5, 5.41) is 8.52. The summed E-state index contributed by atoms with van der Waals surface area (Å²) in [6, 6.07) is 19.0. The summed E-state index contributed by atoms with van der Waals surface area (Å²) in [6.45, 7) is 0.512. The van der Waals surface area contributed by atoms with Crippen LogP contribution in [-0.4, -0.2) is 37.2 Å². The monoisotopic (exact) mass is 477 g/mol. The highest BCUT2D eigenvalue weighted by Crippen LogP contribution is 2.34. The highest BCUT2D eigenvalue weighted by atomic mass is 16.5. The van der Waals surface area contributed by atoms with Crippen LogP contribution in [0.2, 0.25) is 0 Å². The van der Waals surface area contributed by atoms with Crippen LogP contribution in [0.15, 0.2) is 73.1 Å². The Morgan fingerprint density at radius 1 is 1.08 bits per heavy atom. The highest BCUT2D eigenvalue weighted by Gasteiger charge is 2.26. The fourth-order valence-corrected chi connectivity index (χ4v) is 4.48. The summed E-state index contributed by atoms with van der Waals surface area (Å²) in [5.41, 5.74) is 10.6. The zero-order valence-electron chi connectivity index (χ0n) is 19.5. The normalized spacial score (nSPS) is 14.8. The van der Waals surface area contributed by atoms with Gasteiger partial charge in [0.15, 0.2) is 11.5 Å². The largest absolute Gasteiger partial charge is 0.493 e. The number of aryl methyl sites for hydroxylation is 1. The second-order valence-electron chi connectivity index (χ2n) is 8.64. The van der Waals surface area contributed by atoms with E-state index in [1.54, 1.807) is 10.9 Å². The summed E-state index contributed by atoms with van der Waals surface area (Å²) in [7, 11) is 1.83. The zero-order chi connectivity index (χ0) is 24.6. The Hall–Kier alpha value is -4.79. The molecule has 36 heavy (non-hydrogen) atoms. The summed E-state index contributed by atoms with van der Waals surface area (Å²) >= 11 is 0. The Morgan fingerprint density at radius 2 is 1.97 bits per heavy atom. The van der Waals surface area contributed by atoms with E-state index in [1.807, 2.05) is 73.9 Å². The molecule has 4 heterocycles. The van der Waals surface area contributed by atoms with Crippen molar-refractivity contribution in [1.29, 1.82) is 0 Å². The molecule has 1 atom stereocenters. The van der Waals surface area contributed by atoms with Crippen molar-refractivity contribution < 1.29 is 9.53 Å². The van der Waals surface area contributed by atoms with E-state index in [-0.39, 0.29) is 17.6 Å².